The van der Waals surface area contributed by atoms with Crippen LogP contribution in [0.1, 0.15) is 39.2 Å². The van der Waals surface area contributed by atoms with Gasteiger partial charge in [-0.05, 0) is 37.0 Å². The molecule has 2 aliphatic rings. The number of nitrogen functional groups attached to an aromatic ring is 1. The predicted octanol–water partition coefficient (Wildman–Crippen LogP) is 3.51. The van der Waals surface area contributed by atoms with Crippen LogP contribution in [0.15, 0.2) is 24.3 Å². The second-order valence-corrected chi connectivity index (χ2v) is 7.88. The molecule has 1 saturated carbocycles. The zero-order valence-electron chi connectivity index (χ0n) is 13.0. The highest BCUT2D eigenvalue weighted by molar-refractivity contribution is 7.16. The second kappa shape index (κ2) is 5.90. The molecule has 0 unspecified atom stereocenters. The Morgan fingerprint density at radius 2 is 2.00 bits per heavy atom. The third-order valence-electron chi connectivity index (χ3n) is 4.67. The van der Waals surface area contributed by atoms with Gasteiger partial charge in [-0.2, -0.15) is 0 Å². The summed E-state index contributed by atoms with van der Waals surface area (Å²) in [5.74, 6) is 0.331. The van der Waals surface area contributed by atoms with Crippen molar-refractivity contribution in [1.82, 2.24) is 4.90 Å². The molecule has 6 heteroatoms. The molecule has 4 rings (SSSR count). The summed E-state index contributed by atoms with van der Waals surface area (Å²) in [5, 5.41) is 0.953. The van der Waals surface area contributed by atoms with Crippen LogP contribution in [-0.2, 0) is 17.8 Å². The van der Waals surface area contributed by atoms with E-state index in [9.17, 15) is 9.59 Å². The first-order chi connectivity index (χ1) is 11.6. The number of rotatable bonds is 3. The van der Waals surface area contributed by atoms with Gasteiger partial charge in [0.25, 0.3) is 0 Å². The van der Waals surface area contributed by atoms with Crippen molar-refractivity contribution in [3.63, 3.8) is 0 Å². The number of thiophene rings is 1. The van der Waals surface area contributed by atoms with Gasteiger partial charge >= 0.3 is 0 Å². The van der Waals surface area contributed by atoms with Gasteiger partial charge in [-0.25, -0.2) is 0 Å². The van der Waals surface area contributed by atoms with Crippen molar-refractivity contribution in [3.05, 3.63) is 50.9 Å². The Labute approximate surface area is 149 Å². The molecule has 1 fully saturated rings. The molecule has 0 bridgehead atoms. The number of hydrogen-bond acceptors (Lipinski definition) is 4. The number of benzene rings is 1. The molecule has 2 aromatic rings. The first-order valence-electron chi connectivity index (χ1n) is 8.04. The third kappa shape index (κ3) is 2.62. The average molecular weight is 361 g/mol. The summed E-state index contributed by atoms with van der Waals surface area (Å²) in [6.07, 6.45) is 2.68. The van der Waals surface area contributed by atoms with Gasteiger partial charge < -0.3 is 10.6 Å². The molecule has 1 aliphatic heterocycles. The zero-order chi connectivity index (χ0) is 16.8. The number of nitrogens with zero attached hydrogens (tertiary/aromatic N) is 1. The molecule has 0 spiro atoms. The molecule has 1 aromatic carbocycles. The quantitative estimate of drug-likeness (QED) is 0.852. The Bertz CT molecular complexity index is 842. The van der Waals surface area contributed by atoms with E-state index in [4.69, 9.17) is 17.3 Å². The lowest BCUT2D eigenvalue weighted by atomic mass is 9.96. The van der Waals surface area contributed by atoms with Crippen LogP contribution in [0.25, 0.3) is 0 Å². The molecule has 124 valence electrons. The molecule has 0 radical (unpaired) electrons. The maximum Gasteiger partial charge on any atom is 0.226 e. The van der Waals surface area contributed by atoms with E-state index >= 15 is 0 Å². The van der Waals surface area contributed by atoms with Gasteiger partial charge in [0.05, 0.1) is 22.1 Å². The summed E-state index contributed by atoms with van der Waals surface area (Å²) in [4.78, 5) is 28.1. The normalized spacial score (nSPS) is 16.8. The number of nitrogens with two attached hydrogens (primary N) is 1. The number of amides is 1. The van der Waals surface area contributed by atoms with Crippen molar-refractivity contribution < 1.29 is 9.59 Å². The van der Waals surface area contributed by atoms with Gasteiger partial charge in [0, 0.05) is 22.9 Å². The van der Waals surface area contributed by atoms with E-state index in [2.05, 4.69) is 0 Å². The Morgan fingerprint density at radius 3 is 2.71 bits per heavy atom. The van der Waals surface area contributed by atoms with Gasteiger partial charge in [-0.15, -0.1) is 11.3 Å². The Kier molecular flexibility index (Phi) is 3.85. The van der Waals surface area contributed by atoms with E-state index in [1.807, 2.05) is 4.90 Å². The molecule has 1 aromatic heterocycles. The number of anilines is 1. The largest absolute Gasteiger partial charge is 0.390 e. The van der Waals surface area contributed by atoms with Crippen LogP contribution in [0.4, 0.5) is 5.00 Å². The number of fused-ring (bicyclic) bond motifs is 1. The van der Waals surface area contributed by atoms with Gasteiger partial charge in [-0.3, -0.25) is 9.59 Å². The van der Waals surface area contributed by atoms with Gasteiger partial charge in [0.2, 0.25) is 5.91 Å². The van der Waals surface area contributed by atoms with E-state index in [0.29, 0.717) is 40.7 Å². The molecule has 0 saturated heterocycles. The van der Waals surface area contributed by atoms with Crippen LogP contribution in [0.3, 0.4) is 0 Å². The van der Waals surface area contributed by atoms with Crippen LogP contribution >= 0.6 is 22.9 Å². The molecule has 0 atom stereocenters. The maximum absolute atomic E-state index is 12.9. The second-order valence-electron chi connectivity index (χ2n) is 6.34. The van der Waals surface area contributed by atoms with Gasteiger partial charge in [0.1, 0.15) is 0 Å². The fraction of sp³-hybridized carbons (Fsp3) is 0.333. The van der Waals surface area contributed by atoms with E-state index < -0.39 is 0 Å². The maximum atomic E-state index is 12.9. The summed E-state index contributed by atoms with van der Waals surface area (Å²) in [6, 6.07) is 7.02. The van der Waals surface area contributed by atoms with Crippen molar-refractivity contribution in [2.75, 3.05) is 12.3 Å². The van der Waals surface area contributed by atoms with E-state index in [1.165, 1.54) is 11.3 Å². The zero-order valence-corrected chi connectivity index (χ0v) is 14.6. The highest BCUT2D eigenvalue weighted by atomic mass is 35.5. The minimum absolute atomic E-state index is 0.127. The highest BCUT2D eigenvalue weighted by Gasteiger charge is 2.36. The lowest BCUT2D eigenvalue weighted by molar-refractivity contribution is -0.133. The number of hydrogen-bond donors (Lipinski definition) is 1. The molecular weight excluding hydrogens is 344 g/mol. The van der Waals surface area contributed by atoms with Gasteiger partial charge in [-0.1, -0.05) is 23.7 Å². The minimum Gasteiger partial charge on any atom is -0.390 e. The van der Waals surface area contributed by atoms with Crippen LogP contribution in [0.5, 0.6) is 0 Å². The SMILES string of the molecule is Nc1sc2c(c1C(=O)c1ccccc1Cl)CCN(C(=O)C1CC1)C2. The third-order valence-corrected chi connectivity index (χ3v) is 6.04. The summed E-state index contributed by atoms with van der Waals surface area (Å²) in [5.41, 5.74) is 8.19. The van der Waals surface area contributed by atoms with E-state index in [0.717, 1.165) is 23.3 Å². The Hall–Kier alpha value is -1.85. The Morgan fingerprint density at radius 1 is 1.25 bits per heavy atom. The van der Waals surface area contributed by atoms with Crippen molar-refractivity contribution in [1.29, 1.82) is 0 Å². The van der Waals surface area contributed by atoms with Crippen LogP contribution < -0.4 is 5.73 Å². The van der Waals surface area contributed by atoms with E-state index in [1.54, 1.807) is 24.3 Å². The Balaban J connectivity index is 1.66. The van der Waals surface area contributed by atoms with Crippen LogP contribution in [-0.4, -0.2) is 23.1 Å². The first-order valence-corrected chi connectivity index (χ1v) is 9.23. The minimum atomic E-state index is -0.127. The first kappa shape index (κ1) is 15.7. The lowest BCUT2D eigenvalue weighted by Crippen LogP contribution is -2.36. The number of carbonyl (C=O) groups is 2. The van der Waals surface area contributed by atoms with Crippen molar-refractivity contribution >= 4 is 39.6 Å². The molecule has 4 nitrogen and oxygen atoms in total. The standard InChI is InChI=1S/C18H17ClN2O2S/c19-13-4-2-1-3-11(13)16(22)15-12-7-8-21(18(23)10-5-6-10)9-14(12)24-17(15)20/h1-4,10H,5-9,20H2. The fourth-order valence-electron chi connectivity index (χ4n) is 3.23. The summed E-state index contributed by atoms with van der Waals surface area (Å²) >= 11 is 7.59. The highest BCUT2D eigenvalue weighted by Crippen LogP contribution is 2.39. The predicted molar refractivity (Wildman–Crippen MR) is 95.5 cm³/mol. The molecular formula is C18H17ClN2O2S. The van der Waals surface area contributed by atoms with Crippen molar-refractivity contribution in [2.45, 2.75) is 25.8 Å². The molecule has 2 heterocycles. The van der Waals surface area contributed by atoms with Gasteiger partial charge in [0.15, 0.2) is 5.78 Å². The summed E-state index contributed by atoms with van der Waals surface area (Å²) < 4.78 is 0. The molecule has 1 aliphatic carbocycles. The molecule has 1 amide bonds. The van der Waals surface area contributed by atoms with Crippen molar-refractivity contribution in [3.8, 4) is 0 Å². The van der Waals surface area contributed by atoms with Crippen LogP contribution in [0.2, 0.25) is 5.02 Å². The topological polar surface area (TPSA) is 63.4 Å². The number of halogens is 1. The van der Waals surface area contributed by atoms with E-state index in [-0.39, 0.29) is 17.6 Å². The molecule has 24 heavy (non-hydrogen) atoms. The molecule has 2 N–H and O–H groups in total. The monoisotopic (exact) mass is 360 g/mol. The number of ketones is 1. The van der Waals surface area contributed by atoms with Crippen LogP contribution in [0, 0.1) is 5.92 Å². The summed E-state index contributed by atoms with van der Waals surface area (Å²) in [6.45, 7) is 1.22. The van der Waals surface area contributed by atoms with Crippen molar-refractivity contribution in [2.24, 2.45) is 5.92 Å². The lowest BCUT2D eigenvalue weighted by Gasteiger charge is -2.27. The smallest absolute Gasteiger partial charge is 0.226 e. The average Bonchev–Trinajstić information content (AvgIpc) is 3.36. The number of carbonyl (C=O) groups excluding carboxylic acids is 2. The fourth-order valence-corrected chi connectivity index (χ4v) is 4.58. The summed E-state index contributed by atoms with van der Waals surface area (Å²) in [7, 11) is 0.